The summed E-state index contributed by atoms with van der Waals surface area (Å²) in [6, 6.07) is 8.72. The van der Waals surface area contributed by atoms with Gasteiger partial charge < -0.3 is 0 Å². The van der Waals surface area contributed by atoms with Gasteiger partial charge in [-0.15, -0.1) is 10.2 Å². The molecule has 0 radical (unpaired) electrons. The van der Waals surface area contributed by atoms with Crippen molar-refractivity contribution in [2.75, 3.05) is 0 Å². The van der Waals surface area contributed by atoms with Crippen molar-refractivity contribution in [1.29, 1.82) is 0 Å². The molecule has 0 amide bonds. The molecule has 2 saturated carbocycles. The van der Waals surface area contributed by atoms with Crippen LogP contribution in [0.1, 0.15) is 63.8 Å². The lowest BCUT2D eigenvalue weighted by molar-refractivity contribution is -0.119. The molecule has 2 aliphatic rings. The number of carbonyl (C=O) groups is 1. The number of hydrogen-bond donors (Lipinski definition) is 0. The first-order chi connectivity index (χ1) is 12.7. The first-order valence-electron chi connectivity index (χ1n) is 9.62. The Morgan fingerprint density at radius 1 is 0.962 bits per heavy atom. The second-order valence-electron chi connectivity index (χ2n) is 7.29. The molecule has 1 aromatic carbocycles. The van der Waals surface area contributed by atoms with E-state index < -0.39 is 0 Å². The van der Waals surface area contributed by atoms with Crippen molar-refractivity contribution in [2.24, 2.45) is 0 Å². The van der Waals surface area contributed by atoms with Gasteiger partial charge in [-0.05, 0) is 37.8 Å². The van der Waals surface area contributed by atoms with E-state index in [4.69, 9.17) is 0 Å². The van der Waals surface area contributed by atoms with Crippen LogP contribution < -0.4 is 0 Å². The van der Waals surface area contributed by atoms with E-state index in [-0.39, 0.29) is 5.25 Å². The van der Waals surface area contributed by atoms with E-state index in [1.165, 1.54) is 32.1 Å². The van der Waals surface area contributed by atoms with Gasteiger partial charge in [-0.1, -0.05) is 65.5 Å². The Hall–Kier alpha value is -1.14. The van der Waals surface area contributed by atoms with Crippen molar-refractivity contribution in [2.45, 2.75) is 74.2 Å². The van der Waals surface area contributed by atoms with Gasteiger partial charge in [0.15, 0.2) is 11.0 Å². The number of benzene rings is 1. The molecule has 2 aliphatic carbocycles. The fourth-order valence-electron chi connectivity index (χ4n) is 4.02. The highest BCUT2D eigenvalue weighted by atomic mass is 79.9. The summed E-state index contributed by atoms with van der Waals surface area (Å²) in [5.41, 5.74) is 1.09. The van der Waals surface area contributed by atoms with Crippen molar-refractivity contribution in [3.05, 3.63) is 28.7 Å². The average molecular weight is 434 g/mol. The zero-order valence-corrected chi connectivity index (χ0v) is 17.3. The molecule has 4 rings (SSSR count). The molecule has 0 bridgehead atoms. The van der Waals surface area contributed by atoms with Crippen LogP contribution >= 0.6 is 27.7 Å². The van der Waals surface area contributed by atoms with E-state index in [1.807, 2.05) is 12.1 Å². The summed E-state index contributed by atoms with van der Waals surface area (Å²) in [6.45, 7) is 0. The molecule has 26 heavy (non-hydrogen) atoms. The predicted octanol–water partition coefficient (Wildman–Crippen LogP) is 5.82. The highest BCUT2D eigenvalue weighted by Gasteiger charge is 2.29. The number of thioether (sulfide) groups is 1. The van der Waals surface area contributed by atoms with Gasteiger partial charge in [0, 0.05) is 22.5 Å². The van der Waals surface area contributed by atoms with Crippen molar-refractivity contribution in [1.82, 2.24) is 14.8 Å². The Labute approximate surface area is 167 Å². The van der Waals surface area contributed by atoms with Crippen LogP contribution in [0.2, 0.25) is 0 Å². The Kier molecular flexibility index (Phi) is 5.79. The van der Waals surface area contributed by atoms with E-state index in [0.717, 1.165) is 46.7 Å². The molecule has 1 atom stereocenters. The van der Waals surface area contributed by atoms with Crippen LogP contribution in [0.15, 0.2) is 33.9 Å². The number of carbonyl (C=O) groups excluding carboxylic acids is 1. The Bertz CT molecular complexity index is 768. The third-order valence-electron chi connectivity index (χ3n) is 5.45. The molecule has 0 saturated heterocycles. The fourth-order valence-corrected chi connectivity index (χ4v) is 5.51. The van der Waals surface area contributed by atoms with Crippen LogP contribution in [0.25, 0.3) is 11.4 Å². The third kappa shape index (κ3) is 3.91. The molecule has 2 fully saturated rings. The zero-order chi connectivity index (χ0) is 17.9. The molecule has 6 heteroatoms. The van der Waals surface area contributed by atoms with E-state index in [9.17, 15) is 4.79 Å². The summed E-state index contributed by atoms with van der Waals surface area (Å²) in [5.74, 6) is 1.32. The minimum Gasteiger partial charge on any atom is -0.299 e. The van der Waals surface area contributed by atoms with Crippen LogP contribution in [-0.2, 0) is 4.79 Å². The molecule has 1 unspecified atom stereocenters. The van der Waals surface area contributed by atoms with Gasteiger partial charge in [-0.2, -0.15) is 0 Å². The Morgan fingerprint density at radius 3 is 2.42 bits per heavy atom. The monoisotopic (exact) mass is 433 g/mol. The Balaban J connectivity index is 1.68. The summed E-state index contributed by atoms with van der Waals surface area (Å²) >= 11 is 5.15. The van der Waals surface area contributed by atoms with E-state index in [2.05, 4.69) is 42.8 Å². The summed E-state index contributed by atoms with van der Waals surface area (Å²) in [6.07, 6.45) is 10.0. The van der Waals surface area contributed by atoms with Gasteiger partial charge in [-0.25, -0.2) is 0 Å². The first kappa shape index (κ1) is 18.2. The first-order valence-corrected chi connectivity index (χ1v) is 11.3. The van der Waals surface area contributed by atoms with Gasteiger partial charge in [0.1, 0.15) is 5.78 Å². The van der Waals surface area contributed by atoms with Gasteiger partial charge >= 0.3 is 0 Å². The number of halogens is 1. The number of nitrogens with zero attached hydrogens (tertiary/aromatic N) is 3. The molecule has 2 aromatic rings. The van der Waals surface area contributed by atoms with Crippen LogP contribution in [0.5, 0.6) is 0 Å². The van der Waals surface area contributed by atoms with Crippen molar-refractivity contribution < 1.29 is 4.79 Å². The molecule has 0 N–H and O–H groups in total. The highest BCUT2D eigenvalue weighted by molar-refractivity contribution is 9.10. The van der Waals surface area contributed by atoms with Crippen molar-refractivity contribution in [3.63, 3.8) is 0 Å². The molecule has 0 aliphatic heterocycles. The second-order valence-corrected chi connectivity index (χ2v) is 9.38. The van der Waals surface area contributed by atoms with Crippen LogP contribution in [-0.4, -0.2) is 25.8 Å². The molecule has 0 spiro atoms. The fraction of sp³-hybridized carbons (Fsp3) is 0.550. The normalized spacial score (nSPS) is 21.9. The van der Waals surface area contributed by atoms with E-state index >= 15 is 0 Å². The van der Waals surface area contributed by atoms with Crippen LogP contribution in [0, 0.1) is 0 Å². The van der Waals surface area contributed by atoms with Crippen molar-refractivity contribution in [3.8, 4) is 11.4 Å². The minimum absolute atomic E-state index is 0.0491. The highest BCUT2D eigenvalue weighted by Crippen LogP contribution is 2.38. The topological polar surface area (TPSA) is 47.8 Å². The number of rotatable bonds is 4. The molecule has 138 valence electrons. The number of ketones is 1. The van der Waals surface area contributed by atoms with Gasteiger partial charge in [0.05, 0.1) is 5.25 Å². The van der Waals surface area contributed by atoms with Gasteiger partial charge in [0.25, 0.3) is 0 Å². The summed E-state index contributed by atoms with van der Waals surface area (Å²) < 4.78 is 3.39. The maximum Gasteiger partial charge on any atom is 0.192 e. The number of hydrogen-bond acceptors (Lipinski definition) is 4. The molecule has 1 heterocycles. The summed E-state index contributed by atoms with van der Waals surface area (Å²) in [4.78, 5) is 12.3. The van der Waals surface area contributed by atoms with E-state index in [1.54, 1.807) is 11.8 Å². The molecular weight excluding hydrogens is 410 g/mol. The maximum absolute atomic E-state index is 12.3. The van der Waals surface area contributed by atoms with E-state index in [0.29, 0.717) is 11.8 Å². The predicted molar refractivity (Wildman–Crippen MR) is 108 cm³/mol. The Morgan fingerprint density at radius 2 is 1.69 bits per heavy atom. The quantitative estimate of drug-likeness (QED) is 0.609. The molecule has 4 nitrogen and oxygen atoms in total. The smallest absolute Gasteiger partial charge is 0.192 e. The second kappa shape index (κ2) is 8.26. The lowest BCUT2D eigenvalue weighted by atomic mass is 9.95. The lowest BCUT2D eigenvalue weighted by Gasteiger charge is -2.27. The average Bonchev–Trinajstić information content (AvgIpc) is 3.08. The minimum atomic E-state index is 0.0491. The SMILES string of the molecule is O=C1CCCCC1Sc1nnc(-c2ccc(Br)cc2)n1C1CCCCC1. The third-order valence-corrected chi connectivity index (χ3v) is 7.25. The number of Topliss-reactive ketones (excluding diaryl/α,β-unsaturated/α-hetero) is 1. The molecule has 1 aromatic heterocycles. The van der Waals surface area contributed by atoms with Crippen LogP contribution in [0.4, 0.5) is 0 Å². The maximum atomic E-state index is 12.3. The number of aromatic nitrogens is 3. The van der Waals surface area contributed by atoms with Crippen molar-refractivity contribution >= 4 is 33.5 Å². The summed E-state index contributed by atoms with van der Waals surface area (Å²) in [5, 5.41) is 10.1. The lowest BCUT2D eigenvalue weighted by Crippen LogP contribution is -2.23. The summed E-state index contributed by atoms with van der Waals surface area (Å²) in [7, 11) is 0. The zero-order valence-electron chi connectivity index (χ0n) is 14.9. The van der Waals surface area contributed by atoms with Crippen LogP contribution in [0.3, 0.4) is 0 Å². The molecular formula is C20H24BrN3OS. The largest absolute Gasteiger partial charge is 0.299 e. The standard InChI is InChI=1S/C20H24BrN3OS/c21-15-12-10-14(11-13-15)19-22-23-20(24(19)16-6-2-1-3-7-16)26-18-9-5-4-8-17(18)25/h10-13,16,18H,1-9H2. The van der Waals surface area contributed by atoms with Gasteiger partial charge in [0.2, 0.25) is 0 Å². The van der Waals surface area contributed by atoms with Gasteiger partial charge in [-0.3, -0.25) is 9.36 Å².